The third-order valence-corrected chi connectivity index (χ3v) is 4.06. The van der Waals surface area contributed by atoms with Crippen LogP contribution in [0.1, 0.15) is 11.4 Å². The van der Waals surface area contributed by atoms with Gasteiger partial charge in [-0.2, -0.15) is 5.26 Å². The van der Waals surface area contributed by atoms with E-state index in [1.165, 1.54) is 7.11 Å². The first-order valence-electron chi connectivity index (χ1n) is 8.72. The molecular formula is C21H19N3O5. The molecule has 0 aliphatic rings. The van der Waals surface area contributed by atoms with Crippen LogP contribution >= 0.6 is 0 Å². The second-order valence-corrected chi connectivity index (χ2v) is 6.14. The van der Waals surface area contributed by atoms with Crippen molar-refractivity contribution >= 4 is 22.6 Å². The number of aromatic nitrogens is 2. The van der Waals surface area contributed by atoms with Crippen molar-refractivity contribution < 1.29 is 24.1 Å². The Morgan fingerprint density at radius 1 is 1.21 bits per heavy atom. The third-order valence-electron chi connectivity index (χ3n) is 4.06. The Kier molecular flexibility index (Phi) is 6.00. The third kappa shape index (κ3) is 4.65. The van der Waals surface area contributed by atoms with Crippen LogP contribution in [0.3, 0.4) is 0 Å². The molecule has 148 valence electrons. The van der Waals surface area contributed by atoms with Gasteiger partial charge in [-0.15, -0.1) is 0 Å². The van der Waals surface area contributed by atoms with E-state index in [4.69, 9.17) is 14.2 Å². The quantitative estimate of drug-likeness (QED) is 0.359. The number of aliphatic hydroxyl groups is 1. The first-order valence-corrected chi connectivity index (χ1v) is 8.72. The number of para-hydroxylation sites is 2. The van der Waals surface area contributed by atoms with Crippen molar-refractivity contribution in [1.29, 1.82) is 5.26 Å². The average Bonchev–Trinajstić information content (AvgIpc) is 3.15. The van der Waals surface area contributed by atoms with Crippen molar-refractivity contribution in [2.75, 3.05) is 20.3 Å². The van der Waals surface area contributed by atoms with Crippen LogP contribution in [0.4, 0.5) is 0 Å². The molecule has 0 saturated heterocycles. The van der Waals surface area contributed by atoms with Crippen molar-refractivity contribution in [3.05, 3.63) is 59.6 Å². The zero-order valence-electron chi connectivity index (χ0n) is 15.9. The van der Waals surface area contributed by atoms with Gasteiger partial charge >= 0.3 is 5.97 Å². The lowest BCUT2D eigenvalue weighted by Crippen LogP contribution is -2.17. The number of aromatic amines is 1. The van der Waals surface area contributed by atoms with E-state index in [0.29, 0.717) is 17.0 Å². The molecule has 1 aromatic heterocycles. The van der Waals surface area contributed by atoms with Gasteiger partial charge in [0.1, 0.15) is 18.2 Å². The summed E-state index contributed by atoms with van der Waals surface area (Å²) in [4.78, 5) is 19.2. The number of esters is 1. The molecule has 29 heavy (non-hydrogen) atoms. The predicted octanol–water partition coefficient (Wildman–Crippen LogP) is 3.29. The number of carbonyl (C=O) groups is 1. The van der Waals surface area contributed by atoms with Gasteiger partial charge in [-0.05, 0) is 36.8 Å². The first-order chi connectivity index (χ1) is 14.0. The topological polar surface area (TPSA) is 117 Å². The minimum Gasteiger partial charge on any atom is -0.507 e. The zero-order valence-corrected chi connectivity index (χ0v) is 15.9. The average molecular weight is 393 g/mol. The molecule has 0 amide bonds. The van der Waals surface area contributed by atoms with Crippen LogP contribution in [0.5, 0.6) is 11.5 Å². The molecule has 2 N–H and O–H groups in total. The smallest absolute Gasteiger partial charge is 0.344 e. The molecule has 0 aliphatic heterocycles. The first kappa shape index (κ1) is 19.8. The highest BCUT2D eigenvalue weighted by Gasteiger charge is 2.15. The van der Waals surface area contributed by atoms with E-state index in [-0.39, 0.29) is 18.0 Å². The molecule has 3 aromatic rings. The largest absolute Gasteiger partial charge is 0.507 e. The number of H-pyrrole nitrogens is 1. The Morgan fingerprint density at radius 2 is 2.00 bits per heavy atom. The second kappa shape index (κ2) is 8.80. The summed E-state index contributed by atoms with van der Waals surface area (Å²) in [6.45, 7) is 1.05. The van der Waals surface area contributed by atoms with Crippen LogP contribution in [0, 0.1) is 18.3 Å². The van der Waals surface area contributed by atoms with Gasteiger partial charge in [0.15, 0.2) is 29.7 Å². The molecule has 0 unspecified atom stereocenters. The predicted molar refractivity (Wildman–Crippen MR) is 105 cm³/mol. The monoisotopic (exact) mass is 393 g/mol. The van der Waals surface area contributed by atoms with E-state index in [0.717, 1.165) is 11.1 Å². The van der Waals surface area contributed by atoms with Gasteiger partial charge in [-0.3, -0.25) is 0 Å². The van der Waals surface area contributed by atoms with E-state index in [1.807, 2.05) is 31.2 Å². The molecule has 0 spiro atoms. The fourth-order valence-electron chi connectivity index (χ4n) is 2.62. The molecule has 0 atom stereocenters. The highest BCUT2D eigenvalue weighted by atomic mass is 16.6. The number of rotatable bonds is 7. The van der Waals surface area contributed by atoms with E-state index < -0.39 is 18.3 Å². The number of methoxy groups -OCH3 is 1. The number of fused-ring (bicyclic) bond motifs is 1. The van der Waals surface area contributed by atoms with Crippen LogP contribution < -0.4 is 9.47 Å². The van der Waals surface area contributed by atoms with E-state index in [2.05, 4.69) is 9.97 Å². The SMILES string of the molecule is COc1cc(C)ccc1OCC(=O)OC/C(O)=C(\C#N)c1nc2ccccc2[nH]1. The Hall–Kier alpha value is -3.99. The summed E-state index contributed by atoms with van der Waals surface area (Å²) in [6, 6.07) is 14.4. The van der Waals surface area contributed by atoms with Crippen LogP contribution in [-0.2, 0) is 9.53 Å². The summed E-state index contributed by atoms with van der Waals surface area (Å²) in [5.74, 6) is -0.0243. The molecule has 3 rings (SSSR count). The van der Waals surface area contributed by atoms with Crippen LogP contribution in [0.25, 0.3) is 16.6 Å². The fraction of sp³-hybridized carbons (Fsp3) is 0.190. The molecule has 2 aromatic carbocycles. The number of nitrogens with zero attached hydrogens (tertiary/aromatic N) is 2. The Balaban J connectivity index is 1.63. The molecule has 0 aliphatic carbocycles. The molecule has 0 bridgehead atoms. The number of nitriles is 1. The highest BCUT2D eigenvalue weighted by Crippen LogP contribution is 2.27. The van der Waals surface area contributed by atoms with Crippen LogP contribution in [-0.4, -0.2) is 41.4 Å². The molecule has 0 saturated carbocycles. The zero-order chi connectivity index (χ0) is 20.8. The summed E-state index contributed by atoms with van der Waals surface area (Å²) in [5, 5.41) is 19.6. The molecule has 1 heterocycles. The maximum atomic E-state index is 11.9. The lowest BCUT2D eigenvalue weighted by molar-refractivity contribution is -0.145. The fourth-order valence-corrected chi connectivity index (χ4v) is 2.62. The normalized spacial score (nSPS) is 11.5. The van der Waals surface area contributed by atoms with Crippen molar-refractivity contribution in [3.8, 4) is 17.6 Å². The number of hydrogen-bond acceptors (Lipinski definition) is 7. The van der Waals surface area contributed by atoms with Gasteiger partial charge in [-0.25, -0.2) is 9.78 Å². The van der Waals surface area contributed by atoms with Crippen molar-refractivity contribution in [2.45, 2.75) is 6.92 Å². The Labute approximate surface area is 167 Å². The van der Waals surface area contributed by atoms with E-state index in [9.17, 15) is 15.2 Å². The number of ether oxygens (including phenoxy) is 3. The van der Waals surface area contributed by atoms with Crippen molar-refractivity contribution in [2.24, 2.45) is 0 Å². The number of carbonyl (C=O) groups excluding carboxylic acids is 1. The lowest BCUT2D eigenvalue weighted by atomic mass is 10.2. The Bertz CT molecular complexity index is 1080. The van der Waals surface area contributed by atoms with Crippen LogP contribution in [0.15, 0.2) is 48.2 Å². The maximum Gasteiger partial charge on any atom is 0.344 e. The van der Waals surface area contributed by atoms with Gasteiger partial charge in [0.05, 0.1) is 18.1 Å². The van der Waals surface area contributed by atoms with Crippen LogP contribution in [0.2, 0.25) is 0 Å². The maximum absolute atomic E-state index is 11.9. The standard InChI is InChI=1S/C21H19N3O5/c1-13-7-8-18(19(9-13)27-2)28-12-20(26)29-11-17(25)14(10-22)21-23-15-5-3-4-6-16(15)24-21/h3-9,25H,11-12H2,1-2H3,(H,23,24)/b17-14-. The minimum absolute atomic E-state index is 0.102. The summed E-state index contributed by atoms with van der Waals surface area (Å²) in [5.41, 5.74) is 2.26. The Morgan fingerprint density at radius 3 is 2.72 bits per heavy atom. The lowest BCUT2D eigenvalue weighted by Gasteiger charge is -2.11. The van der Waals surface area contributed by atoms with Gasteiger partial charge in [0.25, 0.3) is 0 Å². The van der Waals surface area contributed by atoms with Crippen molar-refractivity contribution in [1.82, 2.24) is 9.97 Å². The summed E-state index contributed by atoms with van der Waals surface area (Å²) in [6.07, 6.45) is 0. The van der Waals surface area contributed by atoms with E-state index >= 15 is 0 Å². The summed E-state index contributed by atoms with van der Waals surface area (Å²) < 4.78 is 15.6. The van der Waals surface area contributed by atoms with E-state index in [1.54, 1.807) is 24.3 Å². The number of imidazole rings is 1. The molecule has 0 fully saturated rings. The van der Waals surface area contributed by atoms with Gasteiger partial charge in [-0.1, -0.05) is 18.2 Å². The summed E-state index contributed by atoms with van der Waals surface area (Å²) in [7, 11) is 1.50. The van der Waals surface area contributed by atoms with Crippen molar-refractivity contribution in [3.63, 3.8) is 0 Å². The molecule has 0 radical (unpaired) electrons. The number of allylic oxidation sites excluding steroid dienone is 1. The summed E-state index contributed by atoms with van der Waals surface area (Å²) >= 11 is 0. The minimum atomic E-state index is -0.707. The van der Waals surface area contributed by atoms with Gasteiger partial charge in [0.2, 0.25) is 0 Å². The van der Waals surface area contributed by atoms with Gasteiger partial charge in [0, 0.05) is 0 Å². The molecule has 8 heteroatoms. The number of aryl methyl sites for hydroxylation is 1. The van der Waals surface area contributed by atoms with Gasteiger partial charge < -0.3 is 24.3 Å². The number of hydrogen-bond donors (Lipinski definition) is 2. The molecule has 8 nitrogen and oxygen atoms in total. The second-order valence-electron chi connectivity index (χ2n) is 6.14. The number of benzene rings is 2. The number of nitrogens with one attached hydrogen (secondary N) is 1. The highest BCUT2D eigenvalue weighted by molar-refractivity contribution is 5.83. The molecular weight excluding hydrogens is 374 g/mol. The number of aliphatic hydroxyl groups excluding tert-OH is 1.